The molecule has 2 aromatic heterocycles. The van der Waals surface area contributed by atoms with Crippen LogP contribution in [0.15, 0.2) is 6.33 Å². The molecule has 0 aliphatic heterocycles. The molecule has 0 spiro atoms. The van der Waals surface area contributed by atoms with Gasteiger partial charge in [-0.3, -0.25) is 0 Å². The van der Waals surface area contributed by atoms with Crippen molar-refractivity contribution in [3.8, 4) is 0 Å². The minimum Gasteiger partial charge on any atom is -0.354 e. The molecule has 6 nitrogen and oxygen atoms in total. The summed E-state index contributed by atoms with van der Waals surface area (Å²) in [6.07, 6.45) is 5.33. The van der Waals surface area contributed by atoms with E-state index in [-0.39, 0.29) is 0 Å². The van der Waals surface area contributed by atoms with Crippen molar-refractivity contribution in [1.29, 1.82) is 0 Å². The van der Waals surface area contributed by atoms with E-state index in [1.165, 1.54) is 12.8 Å². The predicted molar refractivity (Wildman–Crippen MR) is 76.5 cm³/mol. The van der Waals surface area contributed by atoms with Gasteiger partial charge in [-0.15, -0.1) is 0 Å². The Morgan fingerprint density at radius 3 is 2.89 bits per heavy atom. The summed E-state index contributed by atoms with van der Waals surface area (Å²) in [4.78, 5) is 18.9. The van der Waals surface area contributed by atoms with E-state index in [1.807, 2.05) is 6.92 Å². The van der Waals surface area contributed by atoms with E-state index < -0.39 is 0 Å². The number of nitrogens with one attached hydrogen (secondary N) is 2. The average Bonchev–Trinajstić information content (AvgIpc) is 3.13. The van der Waals surface area contributed by atoms with Crippen LogP contribution in [0.2, 0.25) is 0 Å². The first-order chi connectivity index (χ1) is 9.33. The van der Waals surface area contributed by atoms with Gasteiger partial charge in [0, 0.05) is 19.1 Å². The van der Waals surface area contributed by atoms with Gasteiger partial charge < -0.3 is 15.2 Å². The van der Waals surface area contributed by atoms with Gasteiger partial charge in [0.1, 0.15) is 5.52 Å². The van der Waals surface area contributed by atoms with Gasteiger partial charge >= 0.3 is 0 Å². The van der Waals surface area contributed by atoms with Crippen molar-refractivity contribution in [2.75, 3.05) is 23.3 Å². The van der Waals surface area contributed by atoms with Crippen molar-refractivity contribution in [2.45, 2.75) is 39.2 Å². The standard InChI is InChI=1S/C13H20N6/c1-3-7-19(9-5-6-9)12-10-11(16-8-15-10)17-13(18-12)14-4-2/h8-9H,3-7H2,1-2H3,(H2,14,15,16,17,18). The number of aromatic nitrogens is 4. The molecule has 1 fully saturated rings. The SMILES string of the molecule is CCCN(c1nc(NCC)nc2nc[nH]c12)C1CC1. The molecule has 1 saturated carbocycles. The summed E-state index contributed by atoms with van der Waals surface area (Å²) in [5, 5.41) is 3.18. The van der Waals surface area contributed by atoms with Crippen LogP contribution in [0.1, 0.15) is 33.1 Å². The maximum absolute atomic E-state index is 4.68. The maximum Gasteiger partial charge on any atom is 0.226 e. The molecule has 2 N–H and O–H groups in total. The lowest BCUT2D eigenvalue weighted by molar-refractivity contribution is 0.752. The molecule has 0 bridgehead atoms. The van der Waals surface area contributed by atoms with Gasteiger partial charge in [-0.05, 0) is 26.2 Å². The molecule has 3 rings (SSSR count). The van der Waals surface area contributed by atoms with Gasteiger partial charge in [0.25, 0.3) is 0 Å². The summed E-state index contributed by atoms with van der Waals surface area (Å²) < 4.78 is 0. The molecular formula is C13H20N6. The van der Waals surface area contributed by atoms with E-state index >= 15 is 0 Å². The fourth-order valence-electron chi connectivity index (χ4n) is 2.35. The molecular weight excluding hydrogens is 240 g/mol. The number of hydrogen-bond acceptors (Lipinski definition) is 5. The molecule has 102 valence electrons. The summed E-state index contributed by atoms with van der Waals surface area (Å²) in [5.74, 6) is 1.65. The second-order valence-electron chi connectivity index (χ2n) is 4.93. The first-order valence-corrected chi connectivity index (χ1v) is 7.05. The Hall–Kier alpha value is -1.85. The Balaban J connectivity index is 2.05. The number of fused-ring (bicyclic) bond motifs is 1. The molecule has 19 heavy (non-hydrogen) atoms. The zero-order valence-electron chi connectivity index (χ0n) is 11.5. The first kappa shape index (κ1) is 12.2. The normalized spacial score (nSPS) is 14.8. The van der Waals surface area contributed by atoms with E-state index in [1.54, 1.807) is 6.33 Å². The van der Waals surface area contributed by atoms with Crippen LogP contribution in [-0.2, 0) is 0 Å². The Morgan fingerprint density at radius 1 is 1.37 bits per heavy atom. The fourth-order valence-corrected chi connectivity index (χ4v) is 2.35. The highest BCUT2D eigenvalue weighted by Crippen LogP contribution is 2.33. The summed E-state index contributed by atoms with van der Waals surface area (Å²) in [5.41, 5.74) is 1.68. The third kappa shape index (κ3) is 2.34. The van der Waals surface area contributed by atoms with Crippen LogP contribution in [-0.4, -0.2) is 39.1 Å². The number of H-pyrrole nitrogens is 1. The van der Waals surface area contributed by atoms with Crippen LogP contribution in [0.4, 0.5) is 11.8 Å². The first-order valence-electron chi connectivity index (χ1n) is 7.05. The molecule has 2 heterocycles. The van der Waals surface area contributed by atoms with E-state index in [0.717, 1.165) is 36.5 Å². The van der Waals surface area contributed by atoms with E-state index in [4.69, 9.17) is 0 Å². The molecule has 0 saturated heterocycles. The van der Waals surface area contributed by atoms with Crippen LogP contribution in [0.3, 0.4) is 0 Å². The smallest absolute Gasteiger partial charge is 0.226 e. The number of rotatable bonds is 6. The molecule has 6 heteroatoms. The summed E-state index contributed by atoms with van der Waals surface area (Å²) in [6, 6.07) is 0.635. The van der Waals surface area contributed by atoms with Crippen LogP contribution in [0.25, 0.3) is 11.2 Å². The lowest BCUT2D eigenvalue weighted by Gasteiger charge is -2.23. The largest absolute Gasteiger partial charge is 0.354 e. The predicted octanol–water partition coefficient (Wildman–Crippen LogP) is 2.16. The third-order valence-corrected chi connectivity index (χ3v) is 3.33. The number of anilines is 2. The number of imidazole rings is 1. The molecule has 0 aromatic carbocycles. The van der Waals surface area contributed by atoms with Crippen molar-refractivity contribution in [1.82, 2.24) is 19.9 Å². The van der Waals surface area contributed by atoms with Gasteiger partial charge in [0.05, 0.1) is 6.33 Å². The second kappa shape index (κ2) is 5.03. The molecule has 0 unspecified atom stereocenters. The molecule has 1 aliphatic carbocycles. The van der Waals surface area contributed by atoms with Crippen molar-refractivity contribution in [3.63, 3.8) is 0 Å². The summed E-state index contributed by atoms with van der Waals surface area (Å²) >= 11 is 0. The van der Waals surface area contributed by atoms with Crippen LogP contribution in [0, 0.1) is 0 Å². The lowest BCUT2D eigenvalue weighted by atomic mass is 10.3. The van der Waals surface area contributed by atoms with E-state index in [9.17, 15) is 0 Å². The van der Waals surface area contributed by atoms with Crippen molar-refractivity contribution in [2.24, 2.45) is 0 Å². The van der Waals surface area contributed by atoms with Crippen LogP contribution in [0.5, 0.6) is 0 Å². The number of hydrogen-bond donors (Lipinski definition) is 2. The zero-order chi connectivity index (χ0) is 13.2. The Kier molecular flexibility index (Phi) is 3.23. The highest BCUT2D eigenvalue weighted by atomic mass is 15.3. The van der Waals surface area contributed by atoms with Gasteiger partial charge in [0.2, 0.25) is 5.95 Å². The van der Waals surface area contributed by atoms with Crippen LogP contribution >= 0.6 is 0 Å². The average molecular weight is 260 g/mol. The third-order valence-electron chi connectivity index (χ3n) is 3.33. The van der Waals surface area contributed by atoms with E-state index in [0.29, 0.717) is 12.0 Å². The topological polar surface area (TPSA) is 69.7 Å². The monoisotopic (exact) mass is 260 g/mol. The fraction of sp³-hybridized carbons (Fsp3) is 0.615. The van der Waals surface area contributed by atoms with Crippen molar-refractivity contribution in [3.05, 3.63) is 6.33 Å². The van der Waals surface area contributed by atoms with Crippen molar-refractivity contribution >= 4 is 22.9 Å². The maximum atomic E-state index is 4.68. The molecule has 0 amide bonds. The molecule has 1 aliphatic rings. The Labute approximate surface area is 112 Å². The lowest BCUT2D eigenvalue weighted by Crippen LogP contribution is -2.28. The van der Waals surface area contributed by atoms with Gasteiger partial charge in [-0.25, -0.2) is 4.98 Å². The minimum absolute atomic E-state index is 0.635. The highest BCUT2D eigenvalue weighted by molar-refractivity contribution is 5.84. The van der Waals surface area contributed by atoms with Gasteiger partial charge in [-0.1, -0.05) is 6.92 Å². The van der Waals surface area contributed by atoms with Crippen LogP contribution < -0.4 is 10.2 Å². The molecule has 0 radical (unpaired) electrons. The van der Waals surface area contributed by atoms with E-state index in [2.05, 4.69) is 37.1 Å². The highest BCUT2D eigenvalue weighted by Gasteiger charge is 2.31. The molecule has 2 aromatic rings. The minimum atomic E-state index is 0.635. The van der Waals surface area contributed by atoms with Crippen molar-refractivity contribution < 1.29 is 0 Å². The second-order valence-corrected chi connectivity index (χ2v) is 4.93. The quantitative estimate of drug-likeness (QED) is 0.833. The summed E-state index contributed by atoms with van der Waals surface area (Å²) in [6.45, 7) is 6.09. The number of nitrogens with zero attached hydrogens (tertiary/aromatic N) is 4. The molecule has 0 atom stereocenters. The Morgan fingerprint density at radius 2 is 2.21 bits per heavy atom. The summed E-state index contributed by atoms with van der Waals surface area (Å²) in [7, 11) is 0. The van der Waals surface area contributed by atoms with Gasteiger partial charge in [-0.2, -0.15) is 9.97 Å². The van der Waals surface area contributed by atoms with Gasteiger partial charge in [0.15, 0.2) is 11.5 Å². The zero-order valence-corrected chi connectivity index (χ0v) is 11.5. The Bertz CT molecular complexity index is 559. The number of aromatic amines is 1.